The lowest BCUT2D eigenvalue weighted by Gasteiger charge is -1.96. The largest absolute Gasteiger partial charge is 0.384 e. The lowest BCUT2D eigenvalue weighted by molar-refractivity contribution is 0.968. The number of anilines is 1. The van der Waals surface area contributed by atoms with Crippen molar-refractivity contribution in [1.82, 2.24) is 9.97 Å². The van der Waals surface area contributed by atoms with Crippen LogP contribution in [-0.4, -0.2) is 9.97 Å². The second kappa shape index (κ2) is 2.81. The number of hydrogen-bond acceptors (Lipinski definition) is 4. The lowest BCUT2D eigenvalue weighted by Crippen LogP contribution is -2.02. The molecular formula is C5H7ClN4. The van der Waals surface area contributed by atoms with Crippen LogP contribution in [0.1, 0.15) is 5.69 Å². The fourth-order valence-corrected chi connectivity index (χ4v) is 0.796. The minimum Gasteiger partial charge on any atom is -0.384 e. The molecule has 0 aliphatic rings. The van der Waals surface area contributed by atoms with E-state index >= 15 is 0 Å². The Balaban J connectivity index is 3.06. The van der Waals surface area contributed by atoms with Crippen molar-refractivity contribution in [2.45, 2.75) is 6.54 Å². The number of nitrogen functional groups attached to an aromatic ring is 1. The molecule has 1 rings (SSSR count). The molecule has 10 heavy (non-hydrogen) atoms. The van der Waals surface area contributed by atoms with Crippen LogP contribution in [0.2, 0.25) is 5.28 Å². The first-order chi connectivity index (χ1) is 4.72. The van der Waals surface area contributed by atoms with E-state index in [1.807, 2.05) is 0 Å². The Hall–Kier alpha value is -0.870. The van der Waals surface area contributed by atoms with Crippen LogP contribution in [0.5, 0.6) is 0 Å². The van der Waals surface area contributed by atoms with Gasteiger partial charge in [-0.05, 0) is 11.6 Å². The predicted octanol–water partition coefficient (Wildman–Crippen LogP) is 0.171. The molecule has 4 N–H and O–H groups in total. The van der Waals surface area contributed by atoms with E-state index in [9.17, 15) is 0 Å². The Morgan fingerprint density at radius 1 is 1.50 bits per heavy atom. The highest BCUT2D eigenvalue weighted by Gasteiger charge is 1.96. The summed E-state index contributed by atoms with van der Waals surface area (Å²) < 4.78 is 0. The molecule has 0 aliphatic heterocycles. The third-order valence-corrected chi connectivity index (χ3v) is 1.15. The Morgan fingerprint density at radius 2 is 2.20 bits per heavy atom. The van der Waals surface area contributed by atoms with Gasteiger partial charge in [0.15, 0.2) is 0 Å². The standard InChI is InChI=1S/C5H7ClN4/c6-5-9-3(2-7)1-4(8)10-5/h1H,2,7H2,(H2,8,9,10). The van der Waals surface area contributed by atoms with Crippen molar-refractivity contribution in [2.24, 2.45) is 5.73 Å². The van der Waals surface area contributed by atoms with Crippen molar-refractivity contribution in [2.75, 3.05) is 5.73 Å². The number of aromatic nitrogens is 2. The van der Waals surface area contributed by atoms with Crippen molar-refractivity contribution in [1.29, 1.82) is 0 Å². The summed E-state index contributed by atoms with van der Waals surface area (Å²) in [5.74, 6) is 0.348. The van der Waals surface area contributed by atoms with Crippen LogP contribution in [0.3, 0.4) is 0 Å². The number of halogens is 1. The molecule has 1 heterocycles. The molecule has 0 saturated carbocycles. The first kappa shape index (κ1) is 7.24. The van der Waals surface area contributed by atoms with E-state index < -0.39 is 0 Å². The van der Waals surface area contributed by atoms with Crippen molar-refractivity contribution >= 4 is 17.4 Å². The summed E-state index contributed by atoms with van der Waals surface area (Å²) in [6.45, 7) is 0.326. The van der Waals surface area contributed by atoms with Gasteiger partial charge < -0.3 is 11.5 Å². The Bertz CT molecular complexity index is 217. The third-order valence-electron chi connectivity index (χ3n) is 0.981. The highest BCUT2D eigenvalue weighted by molar-refractivity contribution is 6.28. The van der Waals surface area contributed by atoms with Crippen LogP contribution in [-0.2, 0) is 6.54 Å². The molecule has 0 spiro atoms. The average molecular weight is 159 g/mol. The fraction of sp³-hybridized carbons (Fsp3) is 0.200. The molecule has 0 aromatic carbocycles. The number of nitrogens with zero attached hydrogens (tertiary/aromatic N) is 2. The summed E-state index contributed by atoms with van der Waals surface area (Å²) in [7, 11) is 0. The minimum atomic E-state index is 0.139. The highest BCUT2D eigenvalue weighted by atomic mass is 35.5. The van der Waals surface area contributed by atoms with Crippen molar-refractivity contribution in [3.8, 4) is 0 Å². The Labute approximate surface area is 63.2 Å². The normalized spacial score (nSPS) is 9.80. The molecule has 0 amide bonds. The molecule has 0 aliphatic carbocycles. The first-order valence-corrected chi connectivity index (χ1v) is 3.09. The van der Waals surface area contributed by atoms with E-state index in [0.29, 0.717) is 18.1 Å². The minimum absolute atomic E-state index is 0.139. The zero-order valence-electron chi connectivity index (χ0n) is 5.21. The van der Waals surface area contributed by atoms with E-state index in [2.05, 4.69) is 9.97 Å². The van der Waals surface area contributed by atoms with E-state index in [0.717, 1.165) is 0 Å². The van der Waals surface area contributed by atoms with Crippen LogP contribution < -0.4 is 11.5 Å². The lowest BCUT2D eigenvalue weighted by atomic mass is 10.4. The SMILES string of the molecule is NCc1cc(N)nc(Cl)n1. The molecule has 0 radical (unpaired) electrons. The van der Waals surface area contributed by atoms with Gasteiger partial charge >= 0.3 is 0 Å². The van der Waals surface area contributed by atoms with Gasteiger partial charge in [-0.25, -0.2) is 9.97 Å². The van der Waals surface area contributed by atoms with Crippen LogP contribution in [0.25, 0.3) is 0 Å². The van der Waals surface area contributed by atoms with E-state index in [1.54, 1.807) is 6.07 Å². The summed E-state index contributed by atoms with van der Waals surface area (Å²) in [5.41, 5.74) is 11.3. The molecule has 1 aromatic rings. The second-order valence-electron chi connectivity index (χ2n) is 1.76. The monoisotopic (exact) mass is 158 g/mol. The van der Waals surface area contributed by atoms with Crippen LogP contribution >= 0.6 is 11.6 Å². The molecule has 4 nitrogen and oxygen atoms in total. The van der Waals surface area contributed by atoms with Gasteiger partial charge in [-0.3, -0.25) is 0 Å². The van der Waals surface area contributed by atoms with Gasteiger partial charge in [0, 0.05) is 12.6 Å². The van der Waals surface area contributed by atoms with Crippen molar-refractivity contribution in [3.05, 3.63) is 17.0 Å². The maximum atomic E-state index is 5.47. The van der Waals surface area contributed by atoms with Gasteiger partial charge in [-0.1, -0.05) is 0 Å². The van der Waals surface area contributed by atoms with Crippen LogP contribution in [0.15, 0.2) is 6.07 Å². The topological polar surface area (TPSA) is 77.8 Å². The molecule has 0 bridgehead atoms. The van der Waals surface area contributed by atoms with Gasteiger partial charge in [0.25, 0.3) is 0 Å². The van der Waals surface area contributed by atoms with Crippen LogP contribution in [0.4, 0.5) is 5.82 Å². The quantitative estimate of drug-likeness (QED) is 0.572. The Morgan fingerprint density at radius 3 is 2.70 bits per heavy atom. The van der Waals surface area contributed by atoms with E-state index in [1.165, 1.54) is 0 Å². The summed E-state index contributed by atoms with van der Waals surface area (Å²) in [4.78, 5) is 7.46. The highest BCUT2D eigenvalue weighted by Crippen LogP contribution is 2.05. The van der Waals surface area contributed by atoms with E-state index in [-0.39, 0.29) is 5.28 Å². The number of hydrogen-bond donors (Lipinski definition) is 2. The van der Waals surface area contributed by atoms with E-state index in [4.69, 9.17) is 23.1 Å². The predicted molar refractivity (Wildman–Crippen MR) is 39.3 cm³/mol. The smallest absolute Gasteiger partial charge is 0.224 e. The van der Waals surface area contributed by atoms with Crippen molar-refractivity contribution in [3.63, 3.8) is 0 Å². The second-order valence-corrected chi connectivity index (χ2v) is 2.10. The summed E-state index contributed by atoms with van der Waals surface area (Å²) in [6, 6.07) is 1.59. The first-order valence-electron chi connectivity index (χ1n) is 2.71. The summed E-state index contributed by atoms with van der Waals surface area (Å²) >= 11 is 5.47. The molecule has 54 valence electrons. The maximum absolute atomic E-state index is 5.47. The molecule has 0 fully saturated rings. The number of nitrogens with two attached hydrogens (primary N) is 2. The zero-order chi connectivity index (χ0) is 7.56. The number of rotatable bonds is 1. The fourth-order valence-electron chi connectivity index (χ4n) is 0.590. The summed E-state index contributed by atoms with van der Waals surface area (Å²) in [5, 5.41) is 0.139. The molecule has 0 saturated heterocycles. The van der Waals surface area contributed by atoms with Crippen molar-refractivity contribution < 1.29 is 0 Å². The van der Waals surface area contributed by atoms with Gasteiger partial charge in [0.05, 0.1) is 5.69 Å². The Kier molecular flexibility index (Phi) is 2.03. The van der Waals surface area contributed by atoms with Crippen LogP contribution in [0, 0.1) is 0 Å². The zero-order valence-corrected chi connectivity index (χ0v) is 5.97. The maximum Gasteiger partial charge on any atom is 0.224 e. The molecule has 0 unspecified atom stereocenters. The molecule has 0 atom stereocenters. The third kappa shape index (κ3) is 1.55. The molecule has 5 heteroatoms. The van der Waals surface area contributed by atoms with Gasteiger partial charge in [-0.2, -0.15) is 0 Å². The van der Waals surface area contributed by atoms with Gasteiger partial charge in [0.1, 0.15) is 5.82 Å². The molecule has 1 aromatic heterocycles. The summed E-state index contributed by atoms with van der Waals surface area (Å²) in [6.07, 6.45) is 0. The molecular weight excluding hydrogens is 152 g/mol. The van der Waals surface area contributed by atoms with Gasteiger partial charge in [-0.15, -0.1) is 0 Å². The van der Waals surface area contributed by atoms with Gasteiger partial charge in [0.2, 0.25) is 5.28 Å². The average Bonchev–Trinajstić information content (AvgIpc) is 1.85.